The summed E-state index contributed by atoms with van der Waals surface area (Å²) in [7, 11) is 0. The molecular formula is C13H17ClFN. The van der Waals surface area contributed by atoms with Gasteiger partial charge in [-0.3, -0.25) is 0 Å². The number of halogens is 2. The van der Waals surface area contributed by atoms with E-state index in [0.717, 1.165) is 11.6 Å². The Labute approximate surface area is 101 Å². The fourth-order valence-corrected chi connectivity index (χ4v) is 2.38. The Morgan fingerprint density at radius 1 is 1.50 bits per heavy atom. The fourth-order valence-electron chi connectivity index (χ4n) is 2.16. The Bertz CT molecular complexity index is 363. The van der Waals surface area contributed by atoms with Crippen LogP contribution in [0.5, 0.6) is 0 Å². The summed E-state index contributed by atoms with van der Waals surface area (Å²) in [6.45, 7) is 2.15. The molecule has 1 aliphatic rings. The minimum atomic E-state index is -0.290. The van der Waals surface area contributed by atoms with E-state index >= 15 is 0 Å². The van der Waals surface area contributed by atoms with Crippen LogP contribution in [0.4, 0.5) is 10.1 Å². The molecule has 1 aromatic carbocycles. The summed E-state index contributed by atoms with van der Waals surface area (Å²) < 4.78 is 12.8. The van der Waals surface area contributed by atoms with Gasteiger partial charge in [0.05, 0.1) is 10.7 Å². The molecule has 1 unspecified atom stereocenters. The molecule has 88 valence electrons. The second-order valence-corrected chi connectivity index (χ2v) is 5.11. The molecule has 0 aromatic heterocycles. The van der Waals surface area contributed by atoms with Crippen molar-refractivity contribution in [1.29, 1.82) is 0 Å². The highest BCUT2D eigenvalue weighted by Gasteiger charge is 2.20. The summed E-state index contributed by atoms with van der Waals surface area (Å²) in [6.07, 6.45) is 5.24. The first-order valence-electron chi connectivity index (χ1n) is 5.87. The Hall–Kier alpha value is -0.760. The Kier molecular flexibility index (Phi) is 3.70. The molecule has 0 saturated heterocycles. The van der Waals surface area contributed by atoms with E-state index in [0.29, 0.717) is 11.1 Å². The van der Waals surface area contributed by atoms with Crippen LogP contribution in [-0.2, 0) is 0 Å². The topological polar surface area (TPSA) is 12.0 Å². The first kappa shape index (κ1) is 11.7. The molecule has 1 nitrogen and oxygen atoms in total. The number of anilines is 1. The van der Waals surface area contributed by atoms with Crippen LogP contribution in [0.25, 0.3) is 0 Å². The van der Waals surface area contributed by atoms with Crippen LogP contribution in [0.1, 0.15) is 32.6 Å². The molecule has 16 heavy (non-hydrogen) atoms. The van der Waals surface area contributed by atoms with Gasteiger partial charge in [-0.2, -0.15) is 0 Å². The molecule has 1 fully saturated rings. The highest BCUT2D eigenvalue weighted by Crippen LogP contribution is 2.32. The lowest BCUT2D eigenvalue weighted by Crippen LogP contribution is -2.23. The fraction of sp³-hybridized carbons (Fsp3) is 0.538. The lowest BCUT2D eigenvalue weighted by Gasteiger charge is -2.29. The van der Waals surface area contributed by atoms with Crippen molar-refractivity contribution in [3.63, 3.8) is 0 Å². The van der Waals surface area contributed by atoms with Crippen molar-refractivity contribution in [2.24, 2.45) is 5.92 Å². The van der Waals surface area contributed by atoms with Gasteiger partial charge in [-0.25, -0.2) is 4.39 Å². The molecule has 1 saturated carbocycles. The largest absolute Gasteiger partial charge is 0.381 e. The Balaban J connectivity index is 1.91. The molecule has 0 bridgehead atoms. The summed E-state index contributed by atoms with van der Waals surface area (Å²) in [4.78, 5) is 0. The SMILES string of the molecule is CC(CC1CCC1)Nc1ccc(F)cc1Cl. The monoisotopic (exact) mass is 241 g/mol. The maximum atomic E-state index is 12.8. The minimum absolute atomic E-state index is 0.290. The van der Waals surface area contributed by atoms with E-state index in [9.17, 15) is 4.39 Å². The Morgan fingerprint density at radius 3 is 2.81 bits per heavy atom. The number of nitrogens with one attached hydrogen (secondary N) is 1. The first-order valence-corrected chi connectivity index (χ1v) is 6.24. The van der Waals surface area contributed by atoms with Crippen molar-refractivity contribution >= 4 is 17.3 Å². The molecule has 0 amide bonds. The molecule has 0 radical (unpaired) electrons. The van der Waals surface area contributed by atoms with Crippen molar-refractivity contribution < 1.29 is 4.39 Å². The number of hydrogen-bond acceptors (Lipinski definition) is 1. The van der Waals surface area contributed by atoms with Crippen LogP contribution < -0.4 is 5.32 Å². The van der Waals surface area contributed by atoms with E-state index in [4.69, 9.17) is 11.6 Å². The average Bonchev–Trinajstić information content (AvgIpc) is 2.16. The zero-order valence-electron chi connectivity index (χ0n) is 9.47. The van der Waals surface area contributed by atoms with Gasteiger partial charge in [-0.15, -0.1) is 0 Å². The average molecular weight is 242 g/mol. The minimum Gasteiger partial charge on any atom is -0.381 e. The lowest BCUT2D eigenvalue weighted by molar-refractivity contribution is 0.286. The van der Waals surface area contributed by atoms with Crippen LogP contribution in [0.15, 0.2) is 18.2 Å². The molecule has 1 atom stereocenters. The number of rotatable bonds is 4. The molecule has 0 heterocycles. The van der Waals surface area contributed by atoms with Gasteiger partial charge in [0.15, 0.2) is 0 Å². The molecule has 3 heteroatoms. The van der Waals surface area contributed by atoms with Gasteiger partial charge in [0.1, 0.15) is 5.82 Å². The second kappa shape index (κ2) is 5.05. The van der Waals surface area contributed by atoms with E-state index in [1.807, 2.05) is 0 Å². The van der Waals surface area contributed by atoms with E-state index in [-0.39, 0.29) is 5.82 Å². The number of hydrogen-bond donors (Lipinski definition) is 1. The summed E-state index contributed by atoms with van der Waals surface area (Å²) >= 11 is 5.96. The van der Waals surface area contributed by atoms with Crippen LogP contribution in [0.2, 0.25) is 5.02 Å². The smallest absolute Gasteiger partial charge is 0.124 e. The zero-order valence-corrected chi connectivity index (χ0v) is 10.2. The first-order chi connectivity index (χ1) is 7.65. The quantitative estimate of drug-likeness (QED) is 0.820. The van der Waals surface area contributed by atoms with E-state index in [2.05, 4.69) is 12.2 Å². The second-order valence-electron chi connectivity index (χ2n) is 4.70. The van der Waals surface area contributed by atoms with Crippen LogP contribution in [-0.4, -0.2) is 6.04 Å². The van der Waals surface area contributed by atoms with Crippen LogP contribution in [0.3, 0.4) is 0 Å². The van der Waals surface area contributed by atoms with E-state index < -0.39 is 0 Å². The molecule has 1 aromatic rings. The van der Waals surface area contributed by atoms with Gasteiger partial charge in [0.25, 0.3) is 0 Å². The van der Waals surface area contributed by atoms with Gasteiger partial charge in [-0.05, 0) is 37.5 Å². The summed E-state index contributed by atoms with van der Waals surface area (Å²) in [5, 5.41) is 3.80. The molecule has 1 N–H and O–H groups in total. The molecule has 0 aliphatic heterocycles. The molecule has 0 spiro atoms. The van der Waals surface area contributed by atoms with Crippen molar-refractivity contribution in [2.45, 2.75) is 38.6 Å². The third-order valence-corrected chi connectivity index (χ3v) is 3.56. The highest BCUT2D eigenvalue weighted by atomic mass is 35.5. The standard InChI is InChI=1S/C13H17ClFN/c1-9(7-10-3-2-4-10)16-13-6-5-11(15)8-12(13)14/h5-6,8-10,16H,2-4,7H2,1H3. The highest BCUT2D eigenvalue weighted by molar-refractivity contribution is 6.33. The van der Waals surface area contributed by atoms with Crippen molar-refractivity contribution in [3.05, 3.63) is 29.0 Å². The van der Waals surface area contributed by atoms with Gasteiger partial charge >= 0.3 is 0 Å². The van der Waals surface area contributed by atoms with Crippen molar-refractivity contribution in [2.75, 3.05) is 5.32 Å². The molecular weight excluding hydrogens is 225 g/mol. The summed E-state index contributed by atoms with van der Waals surface area (Å²) in [6, 6.07) is 4.88. The Morgan fingerprint density at radius 2 is 2.25 bits per heavy atom. The third kappa shape index (κ3) is 2.88. The van der Waals surface area contributed by atoms with E-state index in [1.165, 1.54) is 37.8 Å². The van der Waals surface area contributed by atoms with Gasteiger partial charge in [0.2, 0.25) is 0 Å². The normalized spacial score (nSPS) is 17.9. The third-order valence-electron chi connectivity index (χ3n) is 3.24. The van der Waals surface area contributed by atoms with Gasteiger partial charge in [0, 0.05) is 6.04 Å². The molecule has 2 rings (SSSR count). The predicted molar refractivity (Wildman–Crippen MR) is 66.5 cm³/mol. The summed E-state index contributed by atoms with van der Waals surface area (Å²) in [5.41, 5.74) is 0.829. The summed E-state index contributed by atoms with van der Waals surface area (Å²) in [5.74, 6) is 0.573. The maximum absolute atomic E-state index is 12.8. The zero-order chi connectivity index (χ0) is 11.5. The molecule has 1 aliphatic carbocycles. The predicted octanol–water partition coefficient (Wildman–Crippen LogP) is 4.47. The number of benzene rings is 1. The van der Waals surface area contributed by atoms with Crippen molar-refractivity contribution in [3.8, 4) is 0 Å². The van der Waals surface area contributed by atoms with Gasteiger partial charge in [-0.1, -0.05) is 30.9 Å². The van der Waals surface area contributed by atoms with Crippen LogP contribution in [0, 0.1) is 11.7 Å². The van der Waals surface area contributed by atoms with Crippen LogP contribution >= 0.6 is 11.6 Å². The van der Waals surface area contributed by atoms with Crippen molar-refractivity contribution in [1.82, 2.24) is 0 Å². The lowest BCUT2D eigenvalue weighted by atomic mass is 9.81. The maximum Gasteiger partial charge on any atom is 0.124 e. The van der Waals surface area contributed by atoms with E-state index in [1.54, 1.807) is 6.07 Å². The van der Waals surface area contributed by atoms with Gasteiger partial charge < -0.3 is 5.32 Å².